The molecular weight excluding hydrogens is 426 g/mol. The SMILES string of the molecule is CN(Cc1c(F)cccc1Cl)C(=O)c1ccc(Cl)c(S(=O)(=O)NC(C)(C)C)c1. The van der Waals surface area contributed by atoms with Crippen LogP contribution in [0.25, 0.3) is 0 Å². The highest BCUT2D eigenvalue weighted by atomic mass is 35.5. The standard InChI is InChI=1S/C19H21Cl2FN2O3S/c1-19(2,3)23-28(26,27)17-10-12(8-9-15(17)21)18(25)24(4)11-13-14(20)6-5-7-16(13)22/h5-10,23H,11H2,1-4H3. The van der Waals surface area contributed by atoms with Crippen LogP contribution in [0.4, 0.5) is 4.39 Å². The van der Waals surface area contributed by atoms with E-state index in [1.165, 1.54) is 48.3 Å². The Bertz CT molecular complexity index is 984. The number of halogens is 3. The Morgan fingerprint density at radius 3 is 2.36 bits per heavy atom. The van der Waals surface area contributed by atoms with Crippen molar-refractivity contribution in [3.8, 4) is 0 Å². The number of nitrogens with zero attached hydrogens (tertiary/aromatic N) is 1. The van der Waals surface area contributed by atoms with Crippen molar-refractivity contribution >= 4 is 39.1 Å². The summed E-state index contributed by atoms with van der Waals surface area (Å²) >= 11 is 12.1. The summed E-state index contributed by atoms with van der Waals surface area (Å²) in [6.45, 7) is 5.01. The van der Waals surface area contributed by atoms with E-state index in [0.717, 1.165) is 0 Å². The molecule has 2 rings (SSSR count). The quantitative estimate of drug-likeness (QED) is 0.735. The first-order valence-corrected chi connectivity index (χ1v) is 10.6. The van der Waals surface area contributed by atoms with Crippen LogP contribution >= 0.6 is 23.2 Å². The minimum atomic E-state index is -3.94. The van der Waals surface area contributed by atoms with E-state index in [-0.39, 0.29) is 32.6 Å². The predicted molar refractivity (Wildman–Crippen MR) is 109 cm³/mol. The fraction of sp³-hybridized carbons (Fsp3) is 0.316. The molecule has 0 aliphatic carbocycles. The third-order valence-electron chi connectivity index (χ3n) is 3.71. The highest BCUT2D eigenvalue weighted by Crippen LogP contribution is 2.26. The molecule has 152 valence electrons. The zero-order valence-corrected chi connectivity index (χ0v) is 18.2. The highest BCUT2D eigenvalue weighted by molar-refractivity contribution is 7.89. The molecule has 1 amide bonds. The molecule has 0 aromatic heterocycles. The molecule has 0 aliphatic rings. The van der Waals surface area contributed by atoms with E-state index < -0.39 is 27.3 Å². The first-order valence-electron chi connectivity index (χ1n) is 8.34. The third-order valence-corrected chi connectivity index (χ3v) is 6.31. The minimum Gasteiger partial charge on any atom is -0.337 e. The lowest BCUT2D eigenvalue weighted by Gasteiger charge is -2.22. The maximum Gasteiger partial charge on any atom is 0.253 e. The normalized spacial score (nSPS) is 12.1. The van der Waals surface area contributed by atoms with Crippen LogP contribution in [0.2, 0.25) is 10.0 Å². The van der Waals surface area contributed by atoms with Crippen LogP contribution in [-0.4, -0.2) is 31.8 Å². The average molecular weight is 447 g/mol. The van der Waals surface area contributed by atoms with Crippen molar-refractivity contribution in [3.63, 3.8) is 0 Å². The summed E-state index contributed by atoms with van der Waals surface area (Å²) in [5, 5.41) is 0.196. The molecule has 0 atom stereocenters. The number of sulfonamides is 1. The molecule has 9 heteroatoms. The van der Waals surface area contributed by atoms with E-state index in [4.69, 9.17) is 23.2 Å². The van der Waals surface area contributed by atoms with Gasteiger partial charge in [-0.25, -0.2) is 17.5 Å². The molecule has 0 saturated heterocycles. The smallest absolute Gasteiger partial charge is 0.253 e. The summed E-state index contributed by atoms with van der Waals surface area (Å²) in [6, 6.07) is 8.23. The number of rotatable bonds is 5. The van der Waals surface area contributed by atoms with E-state index in [9.17, 15) is 17.6 Å². The summed E-state index contributed by atoms with van der Waals surface area (Å²) < 4.78 is 41.7. The molecule has 28 heavy (non-hydrogen) atoms. The Morgan fingerprint density at radius 1 is 1.14 bits per heavy atom. The van der Waals surface area contributed by atoms with Crippen LogP contribution in [0.15, 0.2) is 41.3 Å². The molecule has 2 aromatic rings. The second-order valence-electron chi connectivity index (χ2n) is 7.36. The molecular formula is C19H21Cl2FN2O3S. The fourth-order valence-corrected chi connectivity index (χ4v) is 4.68. The lowest BCUT2D eigenvalue weighted by atomic mass is 10.1. The molecule has 0 heterocycles. The number of carbonyl (C=O) groups is 1. The first-order chi connectivity index (χ1) is 12.8. The number of hydrogen-bond acceptors (Lipinski definition) is 3. The molecule has 0 radical (unpaired) electrons. The number of carbonyl (C=O) groups excluding carboxylic acids is 1. The first kappa shape index (κ1) is 22.6. The van der Waals surface area contributed by atoms with Gasteiger partial charge in [0.25, 0.3) is 5.91 Å². The van der Waals surface area contributed by atoms with Crippen LogP contribution in [0, 0.1) is 5.82 Å². The molecule has 0 spiro atoms. The van der Waals surface area contributed by atoms with Crippen molar-refractivity contribution in [3.05, 3.63) is 63.4 Å². The van der Waals surface area contributed by atoms with E-state index >= 15 is 0 Å². The summed E-state index contributed by atoms with van der Waals surface area (Å²) in [5.41, 5.74) is -0.439. The summed E-state index contributed by atoms with van der Waals surface area (Å²) in [5.74, 6) is -1.02. The monoisotopic (exact) mass is 446 g/mol. The maximum atomic E-state index is 14.0. The van der Waals surface area contributed by atoms with E-state index in [1.54, 1.807) is 20.8 Å². The fourth-order valence-electron chi connectivity index (χ4n) is 2.51. The van der Waals surface area contributed by atoms with Gasteiger partial charge < -0.3 is 4.90 Å². The largest absolute Gasteiger partial charge is 0.337 e. The van der Waals surface area contributed by atoms with Gasteiger partial charge in [0.2, 0.25) is 10.0 Å². The van der Waals surface area contributed by atoms with Gasteiger partial charge in [0.15, 0.2) is 0 Å². The van der Waals surface area contributed by atoms with Gasteiger partial charge in [0, 0.05) is 35.3 Å². The molecule has 0 fully saturated rings. The van der Waals surface area contributed by atoms with E-state index in [2.05, 4.69) is 4.72 Å². The van der Waals surface area contributed by atoms with Gasteiger partial charge >= 0.3 is 0 Å². The second-order valence-corrected chi connectivity index (χ2v) is 9.83. The topological polar surface area (TPSA) is 66.5 Å². The molecule has 2 aromatic carbocycles. The van der Waals surface area contributed by atoms with Crippen molar-refractivity contribution in [1.29, 1.82) is 0 Å². The molecule has 1 N–H and O–H groups in total. The Morgan fingerprint density at radius 2 is 1.79 bits per heavy atom. The van der Waals surface area contributed by atoms with Crippen LogP contribution in [0.1, 0.15) is 36.7 Å². The number of benzene rings is 2. The number of hydrogen-bond donors (Lipinski definition) is 1. The van der Waals surface area contributed by atoms with Crippen LogP contribution in [0.3, 0.4) is 0 Å². The van der Waals surface area contributed by atoms with Gasteiger partial charge in [-0.3, -0.25) is 4.79 Å². The average Bonchev–Trinajstić information content (AvgIpc) is 2.55. The Kier molecular flexibility index (Phi) is 6.76. The van der Waals surface area contributed by atoms with Crippen molar-refractivity contribution in [2.24, 2.45) is 0 Å². The van der Waals surface area contributed by atoms with Gasteiger partial charge in [0.1, 0.15) is 10.7 Å². The zero-order valence-electron chi connectivity index (χ0n) is 15.9. The number of nitrogens with one attached hydrogen (secondary N) is 1. The molecule has 0 aliphatic heterocycles. The predicted octanol–water partition coefficient (Wildman–Crippen LogP) is 4.48. The molecule has 0 saturated carbocycles. The lowest BCUT2D eigenvalue weighted by Crippen LogP contribution is -2.40. The Balaban J connectivity index is 2.34. The summed E-state index contributed by atoms with van der Waals surface area (Å²) in [6.07, 6.45) is 0. The highest BCUT2D eigenvalue weighted by Gasteiger charge is 2.26. The van der Waals surface area contributed by atoms with Crippen LogP contribution in [-0.2, 0) is 16.6 Å². The van der Waals surface area contributed by atoms with Crippen LogP contribution in [0.5, 0.6) is 0 Å². The minimum absolute atomic E-state index is 0.00639. The van der Waals surface area contributed by atoms with Gasteiger partial charge in [0.05, 0.1) is 5.02 Å². The van der Waals surface area contributed by atoms with Crippen LogP contribution < -0.4 is 4.72 Å². The van der Waals surface area contributed by atoms with E-state index in [0.29, 0.717) is 0 Å². The molecule has 0 bridgehead atoms. The zero-order chi connectivity index (χ0) is 21.3. The lowest BCUT2D eigenvalue weighted by molar-refractivity contribution is 0.0783. The van der Waals surface area contributed by atoms with Gasteiger partial charge in [-0.1, -0.05) is 29.3 Å². The molecule has 5 nitrogen and oxygen atoms in total. The van der Waals surface area contributed by atoms with Gasteiger partial charge in [-0.2, -0.15) is 0 Å². The van der Waals surface area contributed by atoms with Crippen molar-refractivity contribution in [1.82, 2.24) is 9.62 Å². The number of amides is 1. The van der Waals surface area contributed by atoms with Gasteiger partial charge in [-0.05, 0) is 51.1 Å². The summed E-state index contributed by atoms with van der Waals surface area (Å²) in [7, 11) is -2.46. The van der Waals surface area contributed by atoms with Crippen molar-refractivity contribution < 1.29 is 17.6 Å². The Hall–Kier alpha value is -1.67. The van der Waals surface area contributed by atoms with Gasteiger partial charge in [-0.15, -0.1) is 0 Å². The van der Waals surface area contributed by atoms with Crippen molar-refractivity contribution in [2.45, 2.75) is 37.8 Å². The maximum absolute atomic E-state index is 14.0. The molecule has 0 unspecified atom stereocenters. The Labute approximate surface area is 174 Å². The van der Waals surface area contributed by atoms with Crippen molar-refractivity contribution in [2.75, 3.05) is 7.05 Å². The second kappa shape index (κ2) is 8.37. The summed E-state index contributed by atoms with van der Waals surface area (Å²) in [4.78, 5) is 13.8. The third kappa shape index (κ3) is 5.44. The van der Waals surface area contributed by atoms with E-state index in [1.807, 2.05) is 0 Å².